The first-order valence-corrected chi connectivity index (χ1v) is 12.7. The summed E-state index contributed by atoms with van der Waals surface area (Å²) in [6, 6.07) is 11.6. The first-order chi connectivity index (χ1) is 14.5. The number of sulfonamides is 1. The van der Waals surface area contributed by atoms with Gasteiger partial charge in [0.1, 0.15) is 5.75 Å². The summed E-state index contributed by atoms with van der Waals surface area (Å²) < 4.78 is 58.1. The molecule has 4 rings (SSSR count). The maximum atomic E-state index is 11.7. The molecule has 1 aromatic heterocycles. The van der Waals surface area contributed by atoms with Crippen molar-refractivity contribution in [2.24, 2.45) is 10.2 Å². The Morgan fingerprint density at radius 3 is 2.52 bits per heavy atom. The minimum atomic E-state index is -4.34. The molecule has 0 aliphatic carbocycles. The molecule has 0 amide bonds. The second-order valence-corrected chi connectivity index (χ2v) is 10.7. The number of benzene rings is 3. The van der Waals surface area contributed by atoms with Crippen LogP contribution in [0.1, 0.15) is 0 Å². The number of fused-ring (bicyclic) bond motifs is 2. The van der Waals surface area contributed by atoms with Crippen LogP contribution in [-0.2, 0) is 20.1 Å². The first-order valence-electron chi connectivity index (χ1n) is 8.53. The van der Waals surface area contributed by atoms with Gasteiger partial charge in [0.2, 0.25) is 15.2 Å². The van der Waals surface area contributed by atoms with E-state index in [0.29, 0.717) is 21.0 Å². The molecule has 1 heterocycles. The molecule has 0 aliphatic heterocycles. The van der Waals surface area contributed by atoms with Crippen molar-refractivity contribution in [3.8, 4) is 5.75 Å². The maximum absolute atomic E-state index is 11.7. The third-order valence-corrected chi connectivity index (χ3v) is 6.52. The van der Waals surface area contributed by atoms with Crippen LogP contribution in [0.15, 0.2) is 63.7 Å². The van der Waals surface area contributed by atoms with Crippen molar-refractivity contribution in [1.82, 2.24) is 4.98 Å². The molecule has 10 nitrogen and oxygen atoms in total. The van der Waals surface area contributed by atoms with Crippen LogP contribution in [0.4, 0.5) is 16.5 Å². The van der Waals surface area contributed by atoms with Gasteiger partial charge in [-0.05, 0) is 36.4 Å². The van der Waals surface area contributed by atoms with Crippen LogP contribution in [0.3, 0.4) is 0 Å². The smallest absolute Gasteiger partial charge is 0.294 e. The number of hydrogen-bond donors (Lipinski definition) is 3. The first kappa shape index (κ1) is 21.1. The van der Waals surface area contributed by atoms with Crippen molar-refractivity contribution in [2.45, 2.75) is 4.90 Å². The molecule has 0 fully saturated rings. The van der Waals surface area contributed by atoms with Crippen molar-refractivity contribution in [2.75, 3.05) is 11.0 Å². The minimum Gasteiger partial charge on any atom is -0.507 e. The van der Waals surface area contributed by atoms with E-state index in [2.05, 4.69) is 19.9 Å². The van der Waals surface area contributed by atoms with Crippen molar-refractivity contribution >= 4 is 69.0 Å². The molecule has 0 radical (unpaired) electrons. The van der Waals surface area contributed by atoms with Gasteiger partial charge in [0.25, 0.3) is 10.1 Å². The Hall–Kier alpha value is -3.13. The van der Waals surface area contributed by atoms with E-state index in [0.717, 1.165) is 17.6 Å². The number of hydrogen-bond acceptors (Lipinski definition) is 9. The lowest BCUT2D eigenvalue weighted by atomic mass is 10.1. The summed E-state index contributed by atoms with van der Waals surface area (Å²) in [7, 11) is -7.93. The van der Waals surface area contributed by atoms with E-state index in [4.69, 9.17) is 0 Å². The predicted octanol–water partition coefficient (Wildman–Crippen LogP) is 4.19. The molecule has 0 saturated carbocycles. The molecule has 3 N–H and O–H groups in total. The molecular formula is C18H14N4O6S3. The van der Waals surface area contributed by atoms with Gasteiger partial charge in [0, 0.05) is 10.8 Å². The Morgan fingerprint density at radius 1 is 1.03 bits per heavy atom. The van der Waals surface area contributed by atoms with E-state index in [1.165, 1.54) is 36.4 Å². The summed E-state index contributed by atoms with van der Waals surface area (Å²) in [6.07, 6.45) is 1.01. The van der Waals surface area contributed by atoms with Crippen LogP contribution in [0.25, 0.3) is 21.0 Å². The zero-order valence-corrected chi connectivity index (χ0v) is 18.2. The Kier molecular flexibility index (Phi) is 5.13. The van der Waals surface area contributed by atoms with Gasteiger partial charge in [0.15, 0.2) is 0 Å². The predicted molar refractivity (Wildman–Crippen MR) is 118 cm³/mol. The summed E-state index contributed by atoms with van der Waals surface area (Å²) in [5.74, 6) is -0.0520. The molecule has 0 unspecified atom stereocenters. The second kappa shape index (κ2) is 7.53. The highest BCUT2D eigenvalue weighted by Gasteiger charge is 2.14. The van der Waals surface area contributed by atoms with Crippen LogP contribution in [-0.4, -0.2) is 37.7 Å². The summed E-state index contributed by atoms with van der Waals surface area (Å²) in [4.78, 5) is 3.99. The van der Waals surface area contributed by atoms with Gasteiger partial charge in [-0.1, -0.05) is 23.5 Å². The van der Waals surface area contributed by atoms with Crippen LogP contribution >= 0.6 is 11.3 Å². The standard InChI is InChI=1S/C18H14N4O6S3/c1-30(24,25)22-14-4-2-3-11-15(23)8-7-13(17(11)14)20-21-18-19-12-6-5-10(31(26,27)28)9-16(12)29-18/h2-9,22-23H,1H3,(H,26,27,28)/b21-20+. The second-order valence-electron chi connectivity index (χ2n) is 6.51. The number of aromatic hydroxyl groups is 1. The van der Waals surface area contributed by atoms with Gasteiger partial charge in [-0.2, -0.15) is 8.42 Å². The number of phenolic OH excluding ortho intramolecular Hbond substituents is 1. The van der Waals surface area contributed by atoms with E-state index >= 15 is 0 Å². The number of phenols is 1. The lowest BCUT2D eigenvalue weighted by Gasteiger charge is -2.10. The van der Waals surface area contributed by atoms with E-state index in [-0.39, 0.29) is 27.2 Å². The number of nitrogens with one attached hydrogen (secondary N) is 1. The minimum absolute atomic E-state index is 0.0520. The van der Waals surface area contributed by atoms with Crippen molar-refractivity contribution in [1.29, 1.82) is 0 Å². The summed E-state index contributed by atoms with van der Waals surface area (Å²) in [5, 5.41) is 19.4. The third kappa shape index (κ3) is 4.49. The van der Waals surface area contributed by atoms with Crippen molar-refractivity contribution in [3.63, 3.8) is 0 Å². The highest BCUT2D eigenvalue weighted by molar-refractivity contribution is 7.92. The summed E-state index contributed by atoms with van der Waals surface area (Å²) in [5.41, 5.74) is 0.991. The van der Waals surface area contributed by atoms with Gasteiger partial charge in [0.05, 0.1) is 32.7 Å². The van der Waals surface area contributed by atoms with E-state index in [9.17, 15) is 26.5 Å². The fourth-order valence-corrected chi connectivity index (χ4v) is 4.91. The average Bonchev–Trinajstić information content (AvgIpc) is 3.08. The number of thiazole rings is 1. The summed E-state index contributed by atoms with van der Waals surface area (Å²) in [6.45, 7) is 0. The van der Waals surface area contributed by atoms with Crippen LogP contribution < -0.4 is 4.72 Å². The summed E-state index contributed by atoms with van der Waals surface area (Å²) >= 11 is 1.06. The topological polar surface area (TPSA) is 158 Å². The normalized spacial score (nSPS) is 12.7. The molecule has 0 aliphatic rings. The molecule has 160 valence electrons. The molecule has 13 heteroatoms. The Morgan fingerprint density at radius 2 is 1.81 bits per heavy atom. The highest BCUT2D eigenvalue weighted by atomic mass is 32.2. The van der Waals surface area contributed by atoms with Crippen molar-refractivity contribution in [3.05, 3.63) is 48.5 Å². The van der Waals surface area contributed by atoms with E-state index in [1.54, 1.807) is 12.1 Å². The molecule has 0 bridgehead atoms. The lowest BCUT2D eigenvalue weighted by molar-refractivity contribution is 0.481. The maximum Gasteiger partial charge on any atom is 0.294 e. The number of anilines is 1. The Labute approximate surface area is 180 Å². The van der Waals surface area contributed by atoms with Gasteiger partial charge < -0.3 is 5.11 Å². The number of aromatic nitrogens is 1. The van der Waals surface area contributed by atoms with Crippen LogP contribution in [0.2, 0.25) is 0 Å². The molecule has 0 saturated heterocycles. The Balaban J connectivity index is 1.80. The van der Waals surface area contributed by atoms with E-state index < -0.39 is 20.1 Å². The molecule has 4 aromatic rings. The van der Waals surface area contributed by atoms with Gasteiger partial charge in [-0.25, -0.2) is 13.4 Å². The Bertz CT molecular complexity index is 1580. The zero-order valence-electron chi connectivity index (χ0n) is 15.7. The van der Waals surface area contributed by atoms with Gasteiger partial charge >= 0.3 is 0 Å². The number of nitrogens with zero attached hydrogens (tertiary/aromatic N) is 3. The van der Waals surface area contributed by atoms with E-state index in [1.807, 2.05) is 0 Å². The SMILES string of the molecule is CS(=O)(=O)Nc1cccc2c(O)ccc(/N=N/c3nc4ccc(S(=O)(=O)O)cc4s3)c12. The molecule has 0 spiro atoms. The van der Waals surface area contributed by atoms with Crippen LogP contribution in [0, 0.1) is 0 Å². The third-order valence-electron chi connectivity index (χ3n) is 4.18. The molecule has 31 heavy (non-hydrogen) atoms. The molecule has 3 aromatic carbocycles. The lowest BCUT2D eigenvalue weighted by Crippen LogP contribution is -2.09. The zero-order chi connectivity index (χ0) is 22.4. The highest BCUT2D eigenvalue weighted by Crippen LogP contribution is 2.39. The number of azo groups is 1. The number of rotatable bonds is 5. The molecular weight excluding hydrogens is 464 g/mol. The monoisotopic (exact) mass is 478 g/mol. The largest absolute Gasteiger partial charge is 0.507 e. The fraction of sp³-hybridized carbons (Fsp3) is 0.0556. The fourth-order valence-electron chi connectivity index (χ4n) is 2.93. The van der Waals surface area contributed by atoms with Crippen LogP contribution in [0.5, 0.6) is 5.75 Å². The quantitative estimate of drug-likeness (QED) is 0.286. The van der Waals surface area contributed by atoms with Gasteiger partial charge in [-0.3, -0.25) is 9.27 Å². The average molecular weight is 479 g/mol. The van der Waals surface area contributed by atoms with Crippen molar-refractivity contribution < 1.29 is 26.5 Å². The van der Waals surface area contributed by atoms with Gasteiger partial charge in [-0.15, -0.1) is 10.2 Å². The molecule has 0 atom stereocenters.